The monoisotopic (exact) mass is 270 g/mol. The minimum atomic E-state index is -0.370. The molecular weight excluding hydrogens is 260 g/mol. The fraction of sp³-hybridized carbons (Fsp3) is 0.0714. The number of hydrazone groups is 1. The van der Waals surface area contributed by atoms with Crippen LogP contribution in [0.15, 0.2) is 41.5 Å². The zero-order valence-electron chi connectivity index (χ0n) is 10.2. The maximum Gasteiger partial charge on any atom is 0.282 e. The number of thiophene rings is 1. The standard InChI is InChI=1S/C14H10N2O2S/c1-9-6-7-10(19-9)8-15-16-13(17)11-4-2-3-5-12(11)14(16)18/h2-8H,1H3/b15-8-. The fourth-order valence-electron chi connectivity index (χ4n) is 1.92. The molecule has 1 aromatic heterocycles. The summed E-state index contributed by atoms with van der Waals surface area (Å²) in [4.78, 5) is 26.1. The predicted molar refractivity (Wildman–Crippen MR) is 73.6 cm³/mol. The molecule has 5 heteroatoms. The number of rotatable bonds is 2. The molecule has 0 unspecified atom stereocenters. The van der Waals surface area contributed by atoms with E-state index in [0.29, 0.717) is 11.1 Å². The summed E-state index contributed by atoms with van der Waals surface area (Å²) in [6.45, 7) is 1.99. The number of aryl methyl sites for hydroxylation is 1. The molecule has 0 bridgehead atoms. The number of carbonyl (C=O) groups excluding carboxylic acids is 2. The van der Waals surface area contributed by atoms with Gasteiger partial charge in [-0.05, 0) is 31.2 Å². The Kier molecular flexibility index (Phi) is 2.76. The van der Waals surface area contributed by atoms with Crippen LogP contribution in [0.5, 0.6) is 0 Å². The van der Waals surface area contributed by atoms with E-state index in [0.717, 1.165) is 14.8 Å². The normalized spacial score (nSPS) is 14.5. The van der Waals surface area contributed by atoms with Gasteiger partial charge in [-0.15, -0.1) is 11.3 Å². The van der Waals surface area contributed by atoms with Gasteiger partial charge in [0.15, 0.2) is 0 Å². The molecule has 0 N–H and O–H groups in total. The van der Waals surface area contributed by atoms with Gasteiger partial charge in [0, 0.05) is 9.75 Å². The van der Waals surface area contributed by atoms with E-state index in [9.17, 15) is 9.59 Å². The third-order valence-corrected chi connectivity index (χ3v) is 3.77. The van der Waals surface area contributed by atoms with Gasteiger partial charge in [-0.3, -0.25) is 9.59 Å². The number of carbonyl (C=O) groups is 2. The van der Waals surface area contributed by atoms with Gasteiger partial charge in [0.1, 0.15) is 0 Å². The lowest BCUT2D eigenvalue weighted by molar-refractivity contribution is 0.0660. The second-order valence-corrected chi connectivity index (χ2v) is 5.48. The molecule has 0 saturated carbocycles. The molecule has 2 heterocycles. The first-order chi connectivity index (χ1) is 9.16. The van der Waals surface area contributed by atoms with Gasteiger partial charge in [0.25, 0.3) is 11.8 Å². The van der Waals surface area contributed by atoms with Gasteiger partial charge in [-0.2, -0.15) is 10.1 Å². The molecule has 2 aromatic rings. The van der Waals surface area contributed by atoms with Crippen molar-refractivity contribution >= 4 is 29.4 Å². The first-order valence-corrected chi connectivity index (χ1v) is 6.57. The van der Waals surface area contributed by atoms with Crippen molar-refractivity contribution in [3.8, 4) is 0 Å². The van der Waals surface area contributed by atoms with E-state index in [1.54, 1.807) is 41.8 Å². The first-order valence-electron chi connectivity index (χ1n) is 5.75. The summed E-state index contributed by atoms with van der Waals surface area (Å²) in [5.74, 6) is -0.741. The Morgan fingerprint density at radius 3 is 2.21 bits per heavy atom. The topological polar surface area (TPSA) is 49.7 Å². The lowest BCUT2D eigenvalue weighted by atomic mass is 10.1. The smallest absolute Gasteiger partial charge is 0.267 e. The first kappa shape index (κ1) is 11.8. The number of fused-ring (bicyclic) bond motifs is 1. The Morgan fingerprint density at radius 1 is 1.05 bits per heavy atom. The number of hydrogen-bond acceptors (Lipinski definition) is 4. The molecule has 0 fully saturated rings. The van der Waals surface area contributed by atoms with E-state index in [-0.39, 0.29) is 11.8 Å². The molecule has 0 radical (unpaired) electrons. The largest absolute Gasteiger partial charge is 0.282 e. The van der Waals surface area contributed by atoms with Crippen molar-refractivity contribution < 1.29 is 9.59 Å². The number of amides is 2. The van der Waals surface area contributed by atoms with E-state index < -0.39 is 0 Å². The SMILES string of the molecule is Cc1ccc(/C=N\N2C(=O)c3ccccc3C2=O)s1. The van der Waals surface area contributed by atoms with Crippen molar-refractivity contribution in [2.24, 2.45) is 5.10 Å². The Morgan fingerprint density at radius 2 is 1.68 bits per heavy atom. The van der Waals surface area contributed by atoms with Crippen LogP contribution in [0.25, 0.3) is 0 Å². The van der Waals surface area contributed by atoms with Crippen LogP contribution in [0.4, 0.5) is 0 Å². The average molecular weight is 270 g/mol. The van der Waals surface area contributed by atoms with Crippen LogP contribution >= 0.6 is 11.3 Å². The predicted octanol–water partition coefficient (Wildman–Crippen LogP) is 2.69. The Labute approximate surface area is 114 Å². The van der Waals surface area contributed by atoms with Crippen molar-refractivity contribution in [1.29, 1.82) is 0 Å². The van der Waals surface area contributed by atoms with E-state index in [4.69, 9.17) is 0 Å². The highest BCUT2D eigenvalue weighted by Gasteiger charge is 2.35. The van der Waals surface area contributed by atoms with Crippen LogP contribution < -0.4 is 0 Å². The number of hydrogen-bond donors (Lipinski definition) is 0. The van der Waals surface area contributed by atoms with Gasteiger partial charge in [0.05, 0.1) is 17.3 Å². The van der Waals surface area contributed by atoms with Crippen molar-refractivity contribution in [2.45, 2.75) is 6.92 Å². The highest BCUT2D eigenvalue weighted by Crippen LogP contribution is 2.22. The molecule has 0 saturated heterocycles. The van der Waals surface area contributed by atoms with Crippen molar-refractivity contribution in [3.05, 3.63) is 57.3 Å². The van der Waals surface area contributed by atoms with E-state index in [2.05, 4.69) is 5.10 Å². The zero-order valence-corrected chi connectivity index (χ0v) is 11.0. The summed E-state index contributed by atoms with van der Waals surface area (Å²) in [5.41, 5.74) is 0.819. The minimum Gasteiger partial charge on any atom is -0.267 e. The molecule has 0 aliphatic carbocycles. The molecule has 1 aromatic carbocycles. The second-order valence-electron chi connectivity index (χ2n) is 4.16. The van der Waals surface area contributed by atoms with Crippen molar-refractivity contribution in [3.63, 3.8) is 0 Å². The summed E-state index contributed by atoms with van der Waals surface area (Å²) >= 11 is 1.56. The molecule has 94 valence electrons. The molecule has 0 spiro atoms. The maximum absolute atomic E-state index is 12.0. The van der Waals surface area contributed by atoms with Gasteiger partial charge >= 0.3 is 0 Å². The minimum absolute atomic E-state index is 0.370. The van der Waals surface area contributed by atoms with E-state index >= 15 is 0 Å². The summed E-state index contributed by atoms with van der Waals surface area (Å²) in [7, 11) is 0. The van der Waals surface area contributed by atoms with Crippen LogP contribution in [0, 0.1) is 6.92 Å². The van der Waals surface area contributed by atoms with Crippen molar-refractivity contribution in [2.75, 3.05) is 0 Å². The number of benzene rings is 1. The molecule has 2 amide bonds. The molecule has 1 aliphatic heterocycles. The molecule has 3 rings (SSSR count). The Hall–Kier alpha value is -2.27. The van der Waals surface area contributed by atoms with Gasteiger partial charge < -0.3 is 0 Å². The highest BCUT2D eigenvalue weighted by molar-refractivity contribution is 7.13. The van der Waals surface area contributed by atoms with Crippen LogP contribution in [0.1, 0.15) is 30.5 Å². The summed E-state index contributed by atoms with van der Waals surface area (Å²) in [6, 6.07) is 10.6. The lowest BCUT2D eigenvalue weighted by Gasteiger charge is -2.04. The van der Waals surface area contributed by atoms with Crippen LogP contribution in [0.2, 0.25) is 0 Å². The lowest BCUT2D eigenvalue weighted by Crippen LogP contribution is -2.23. The third-order valence-electron chi connectivity index (χ3n) is 2.83. The van der Waals surface area contributed by atoms with Gasteiger partial charge in [-0.25, -0.2) is 0 Å². The quantitative estimate of drug-likeness (QED) is 0.622. The average Bonchev–Trinajstić information content (AvgIpc) is 2.93. The van der Waals surface area contributed by atoms with E-state index in [1.165, 1.54) is 0 Å². The number of nitrogens with zero attached hydrogens (tertiary/aromatic N) is 2. The second kappa shape index (κ2) is 4.44. The van der Waals surface area contributed by atoms with Crippen LogP contribution in [0.3, 0.4) is 0 Å². The summed E-state index contributed by atoms with van der Waals surface area (Å²) < 4.78 is 0. The highest BCUT2D eigenvalue weighted by atomic mass is 32.1. The molecule has 0 atom stereocenters. The van der Waals surface area contributed by atoms with Crippen LogP contribution in [-0.2, 0) is 0 Å². The third kappa shape index (κ3) is 1.98. The van der Waals surface area contributed by atoms with E-state index in [1.807, 2.05) is 19.1 Å². The molecule has 19 heavy (non-hydrogen) atoms. The fourth-order valence-corrected chi connectivity index (χ4v) is 2.66. The van der Waals surface area contributed by atoms with Crippen molar-refractivity contribution in [1.82, 2.24) is 5.01 Å². The summed E-state index contributed by atoms with van der Waals surface area (Å²) in [5, 5.41) is 4.92. The van der Waals surface area contributed by atoms with Gasteiger partial charge in [0.2, 0.25) is 0 Å². The van der Waals surface area contributed by atoms with Crippen LogP contribution in [-0.4, -0.2) is 23.0 Å². The number of imide groups is 1. The Balaban J connectivity index is 1.90. The molecule has 4 nitrogen and oxygen atoms in total. The van der Waals surface area contributed by atoms with Gasteiger partial charge in [-0.1, -0.05) is 12.1 Å². The Bertz CT molecular complexity index is 668. The molecule has 1 aliphatic rings. The zero-order chi connectivity index (χ0) is 13.4. The molecular formula is C14H10N2O2S. The summed E-state index contributed by atoms with van der Waals surface area (Å²) in [6.07, 6.45) is 1.54. The maximum atomic E-state index is 12.0.